The maximum atomic E-state index is 12.8. The minimum absolute atomic E-state index is 0.103. The first kappa shape index (κ1) is 17.6. The van der Waals surface area contributed by atoms with Gasteiger partial charge in [-0.05, 0) is 37.3 Å². The van der Waals surface area contributed by atoms with Crippen LogP contribution in [0.15, 0.2) is 48.8 Å². The Morgan fingerprint density at radius 1 is 1.19 bits per heavy atom. The SMILES string of the molecule is Cc1cc(C(F)(F)F)nc(CNC(=O)c2cccc(-n3cccn3)c2)n1. The number of carbonyl (C=O) groups is 1. The van der Waals surface area contributed by atoms with Crippen LogP contribution < -0.4 is 5.32 Å². The summed E-state index contributed by atoms with van der Waals surface area (Å²) < 4.78 is 40.0. The van der Waals surface area contributed by atoms with Gasteiger partial charge < -0.3 is 5.32 Å². The molecule has 0 spiro atoms. The molecule has 0 aliphatic rings. The monoisotopic (exact) mass is 361 g/mol. The van der Waals surface area contributed by atoms with Crippen LogP contribution in [-0.2, 0) is 12.7 Å². The van der Waals surface area contributed by atoms with Gasteiger partial charge in [0.15, 0.2) is 0 Å². The first-order valence-electron chi connectivity index (χ1n) is 7.63. The van der Waals surface area contributed by atoms with E-state index in [0.29, 0.717) is 11.3 Å². The molecule has 134 valence electrons. The molecule has 2 aromatic heterocycles. The molecule has 0 saturated heterocycles. The Morgan fingerprint density at radius 3 is 2.69 bits per heavy atom. The Balaban J connectivity index is 1.74. The molecule has 6 nitrogen and oxygen atoms in total. The summed E-state index contributed by atoms with van der Waals surface area (Å²) in [5, 5.41) is 6.61. The van der Waals surface area contributed by atoms with Crippen LogP contribution >= 0.6 is 0 Å². The van der Waals surface area contributed by atoms with E-state index in [1.54, 1.807) is 47.4 Å². The average molecular weight is 361 g/mol. The lowest BCUT2D eigenvalue weighted by Crippen LogP contribution is -2.25. The number of nitrogens with zero attached hydrogens (tertiary/aromatic N) is 4. The second-order valence-corrected chi connectivity index (χ2v) is 5.49. The lowest BCUT2D eigenvalue weighted by molar-refractivity contribution is -0.141. The molecule has 9 heteroatoms. The quantitative estimate of drug-likeness (QED) is 0.776. The number of amides is 1. The Hall–Kier alpha value is -3.23. The summed E-state index contributed by atoms with van der Waals surface area (Å²) in [4.78, 5) is 19.7. The molecular formula is C17H14F3N5O. The first-order valence-corrected chi connectivity index (χ1v) is 7.63. The molecule has 0 unspecified atom stereocenters. The molecule has 0 aliphatic carbocycles. The van der Waals surface area contributed by atoms with Crippen LogP contribution in [0, 0.1) is 6.92 Å². The summed E-state index contributed by atoms with van der Waals surface area (Å²) in [5.74, 6) is -0.549. The molecule has 26 heavy (non-hydrogen) atoms. The zero-order chi connectivity index (χ0) is 18.7. The van der Waals surface area contributed by atoms with E-state index in [-0.39, 0.29) is 18.1 Å². The van der Waals surface area contributed by atoms with Gasteiger partial charge in [0.25, 0.3) is 5.91 Å². The van der Waals surface area contributed by atoms with E-state index in [9.17, 15) is 18.0 Å². The predicted octanol–water partition coefficient (Wildman–Crippen LogP) is 2.92. The number of hydrogen-bond donors (Lipinski definition) is 1. The van der Waals surface area contributed by atoms with Crippen LogP contribution in [0.5, 0.6) is 0 Å². The molecule has 0 saturated carbocycles. The van der Waals surface area contributed by atoms with E-state index in [1.807, 2.05) is 0 Å². The Labute approximate surface area is 146 Å². The van der Waals surface area contributed by atoms with Crippen LogP contribution in [0.4, 0.5) is 13.2 Å². The molecule has 1 N–H and O–H groups in total. The molecule has 3 rings (SSSR count). The number of halogens is 3. The second kappa shape index (κ2) is 6.95. The number of rotatable bonds is 4. The van der Waals surface area contributed by atoms with Crippen molar-refractivity contribution in [3.8, 4) is 5.69 Å². The first-order chi connectivity index (χ1) is 12.3. The van der Waals surface area contributed by atoms with E-state index in [2.05, 4.69) is 20.4 Å². The fourth-order valence-corrected chi connectivity index (χ4v) is 2.33. The van der Waals surface area contributed by atoms with Gasteiger partial charge in [-0.3, -0.25) is 4.79 Å². The molecule has 0 aliphatic heterocycles. The van der Waals surface area contributed by atoms with Crippen molar-refractivity contribution in [3.63, 3.8) is 0 Å². The van der Waals surface area contributed by atoms with Crippen LogP contribution in [0.1, 0.15) is 27.6 Å². The van der Waals surface area contributed by atoms with Gasteiger partial charge in [-0.2, -0.15) is 18.3 Å². The number of aromatic nitrogens is 4. The lowest BCUT2D eigenvalue weighted by Gasteiger charge is -2.10. The molecule has 0 atom stereocenters. The maximum absolute atomic E-state index is 12.8. The molecular weight excluding hydrogens is 347 g/mol. The predicted molar refractivity (Wildman–Crippen MR) is 86.5 cm³/mol. The van der Waals surface area contributed by atoms with Crippen molar-refractivity contribution in [2.45, 2.75) is 19.6 Å². The largest absolute Gasteiger partial charge is 0.433 e. The van der Waals surface area contributed by atoms with E-state index in [4.69, 9.17) is 0 Å². The normalized spacial score (nSPS) is 11.4. The molecule has 0 bridgehead atoms. The van der Waals surface area contributed by atoms with Gasteiger partial charge in [0, 0.05) is 23.7 Å². The lowest BCUT2D eigenvalue weighted by atomic mass is 10.2. The number of benzene rings is 1. The summed E-state index contributed by atoms with van der Waals surface area (Å²) in [7, 11) is 0. The minimum atomic E-state index is -4.56. The van der Waals surface area contributed by atoms with Crippen molar-refractivity contribution in [1.29, 1.82) is 0 Å². The number of carbonyl (C=O) groups excluding carboxylic acids is 1. The fourth-order valence-electron chi connectivity index (χ4n) is 2.33. The maximum Gasteiger partial charge on any atom is 0.433 e. The van der Waals surface area contributed by atoms with Crippen molar-refractivity contribution in [1.82, 2.24) is 25.1 Å². The van der Waals surface area contributed by atoms with Crippen LogP contribution in [-0.4, -0.2) is 25.7 Å². The molecule has 1 amide bonds. The zero-order valence-electron chi connectivity index (χ0n) is 13.7. The highest BCUT2D eigenvalue weighted by molar-refractivity contribution is 5.94. The molecule has 0 fully saturated rings. The standard InChI is InChI=1S/C17H14F3N5O/c1-11-8-14(17(18,19)20)24-15(23-11)10-21-16(26)12-4-2-5-13(9-12)25-7-3-6-22-25/h2-9H,10H2,1H3,(H,21,26). The smallest absolute Gasteiger partial charge is 0.345 e. The van der Waals surface area contributed by atoms with Gasteiger partial charge in [0.2, 0.25) is 0 Å². The molecule has 3 aromatic rings. The summed E-state index contributed by atoms with van der Waals surface area (Å²) in [6, 6.07) is 9.31. The highest BCUT2D eigenvalue weighted by Crippen LogP contribution is 2.27. The van der Waals surface area contributed by atoms with Crippen molar-refractivity contribution in [2.75, 3.05) is 0 Å². The molecule has 2 heterocycles. The van der Waals surface area contributed by atoms with Gasteiger partial charge in [-0.1, -0.05) is 6.07 Å². The van der Waals surface area contributed by atoms with Crippen molar-refractivity contribution < 1.29 is 18.0 Å². The summed E-state index contributed by atoms with van der Waals surface area (Å²) in [6.45, 7) is 1.23. The van der Waals surface area contributed by atoms with Gasteiger partial charge in [-0.15, -0.1) is 0 Å². The average Bonchev–Trinajstić information content (AvgIpc) is 3.13. The Bertz CT molecular complexity index is 922. The topological polar surface area (TPSA) is 72.7 Å². The number of nitrogens with one attached hydrogen (secondary N) is 1. The van der Waals surface area contributed by atoms with Crippen molar-refractivity contribution in [2.24, 2.45) is 0 Å². The summed E-state index contributed by atoms with van der Waals surface area (Å²) >= 11 is 0. The highest BCUT2D eigenvalue weighted by Gasteiger charge is 2.33. The van der Waals surface area contributed by atoms with E-state index < -0.39 is 17.8 Å². The minimum Gasteiger partial charge on any atom is -0.345 e. The third kappa shape index (κ3) is 4.05. The Kier molecular flexibility index (Phi) is 4.70. The van der Waals surface area contributed by atoms with E-state index >= 15 is 0 Å². The van der Waals surface area contributed by atoms with E-state index in [0.717, 1.165) is 6.07 Å². The molecule has 0 radical (unpaired) electrons. The number of hydrogen-bond acceptors (Lipinski definition) is 4. The number of aryl methyl sites for hydroxylation is 1. The highest BCUT2D eigenvalue weighted by atomic mass is 19.4. The van der Waals surface area contributed by atoms with Crippen molar-refractivity contribution >= 4 is 5.91 Å². The van der Waals surface area contributed by atoms with E-state index in [1.165, 1.54) is 6.92 Å². The van der Waals surface area contributed by atoms with Gasteiger partial charge in [-0.25, -0.2) is 14.6 Å². The van der Waals surface area contributed by atoms with Crippen LogP contribution in [0.2, 0.25) is 0 Å². The van der Waals surface area contributed by atoms with Gasteiger partial charge in [0.05, 0.1) is 12.2 Å². The third-order valence-corrected chi connectivity index (χ3v) is 3.48. The second-order valence-electron chi connectivity index (χ2n) is 5.49. The third-order valence-electron chi connectivity index (χ3n) is 3.48. The fraction of sp³-hybridized carbons (Fsp3) is 0.176. The Morgan fingerprint density at radius 2 is 2.00 bits per heavy atom. The zero-order valence-corrected chi connectivity index (χ0v) is 13.7. The summed E-state index contributed by atoms with van der Waals surface area (Å²) in [6.07, 6.45) is -1.22. The van der Waals surface area contributed by atoms with Gasteiger partial charge >= 0.3 is 6.18 Å². The number of alkyl halides is 3. The van der Waals surface area contributed by atoms with Crippen LogP contribution in [0.3, 0.4) is 0 Å². The summed E-state index contributed by atoms with van der Waals surface area (Å²) in [5.41, 5.74) is 0.183. The molecule has 1 aromatic carbocycles. The van der Waals surface area contributed by atoms with Gasteiger partial charge in [0.1, 0.15) is 11.5 Å². The van der Waals surface area contributed by atoms with Crippen molar-refractivity contribution in [3.05, 3.63) is 71.6 Å². The van der Waals surface area contributed by atoms with Crippen LogP contribution in [0.25, 0.3) is 5.69 Å².